The largest absolute Gasteiger partial charge is 0.355 e. The van der Waals surface area contributed by atoms with Gasteiger partial charge in [-0.3, -0.25) is 14.3 Å². The van der Waals surface area contributed by atoms with E-state index in [0.29, 0.717) is 17.8 Å². The molecule has 0 aromatic carbocycles. The Bertz CT molecular complexity index is 827. The van der Waals surface area contributed by atoms with Gasteiger partial charge < -0.3 is 9.88 Å². The molecule has 0 fully saturated rings. The number of Topliss-reactive ketones (excluding diaryl/α,β-unsaturated/α-hetero) is 1. The maximum absolute atomic E-state index is 13.3. The number of aromatic amines is 1. The van der Waals surface area contributed by atoms with Crippen molar-refractivity contribution < 1.29 is 9.59 Å². The minimum Gasteiger partial charge on any atom is -0.355 e. The number of carbonyl (C=O) groups excluding carboxylic acids is 2. The van der Waals surface area contributed by atoms with Gasteiger partial charge in [-0.15, -0.1) is 0 Å². The zero-order valence-corrected chi connectivity index (χ0v) is 16.4. The van der Waals surface area contributed by atoms with Crippen molar-refractivity contribution >= 4 is 11.7 Å². The Hall–Kier alpha value is -2.37. The van der Waals surface area contributed by atoms with E-state index >= 15 is 0 Å². The van der Waals surface area contributed by atoms with E-state index in [1.54, 1.807) is 0 Å². The molecule has 6 nitrogen and oxygen atoms in total. The van der Waals surface area contributed by atoms with Gasteiger partial charge in [0.1, 0.15) is 0 Å². The summed E-state index contributed by atoms with van der Waals surface area (Å²) in [4.78, 5) is 29.9. The number of H-pyrrole nitrogens is 1. The van der Waals surface area contributed by atoms with Gasteiger partial charge in [-0.1, -0.05) is 0 Å². The Balaban J connectivity index is 2.45. The quantitative estimate of drug-likeness (QED) is 0.847. The lowest BCUT2D eigenvalue weighted by molar-refractivity contribution is 0.0688. The molecule has 1 amide bonds. The van der Waals surface area contributed by atoms with Crippen molar-refractivity contribution in [2.45, 2.75) is 61.1 Å². The summed E-state index contributed by atoms with van der Waals surface area (Å²) < 4.78 is 1.84. The summed E-state index contributed by atoms with van der Waals surface area (Å²) in [6, 6.07) is 0.0287. The molecule has 0 saturated carbocycles. The fourth-order valence-corrected chi connectivity index (χ4v) is 3.27. The normalized spacial score (nSPS) is 11.2. The summed E-state index contributed by atoms with van der Waals surface area (Å²) >= 11 is 0. The average molecular weight is 344 g/mol. The van der Waals surface area contributed by atoms with Crippen LogP contribution in [0.4, 0.5) is 0 Å². The van der Waals surface area contributed by atoms with E-state index in [-0.39, 0.29) is 17.7 Å². The molecule has 2 aromatic heterocycles. The molecule has 1 N–H and O–H groups in total. The summed E-state index contributed by atoms with van der Waals surface area (Å²) in [5, 5.41) is 4.45. The van der Waals surface area contributed by atoms with Gasteiger partial charge in [-0.05, 0) is 47.1 Å². The van der Waals surface area contributed by atoms with Crippen LogP contribution in [0.15, 0.2) is 0 Å². The molecule has 0 aliphatic heterocycles. The molecule has 0 atom stereocenters. The molecule has 0 aliphatic rings. The number of hydrogen-bond acceptors (Lipinski definition) is 3. The van der Waals surface area contributed by atoms with E-state index in [9.17, 15) is 9.59 Å². The van der Waals surface area contributed by atoms with Crippen molar-refractivity contribution in [2.75, 3.05) is 0 Å². The summed E-state index contributed by atoms with van der Waals surface area (Å²) in [6.45, 7) is 13.7. The molecule has 136 valence electrons. The third-order valence-electron chi connectivity index (χ3n) is 4.87. The molecule has 25 heavy (non-hydrogen) atoms. The zero-order chi connectivity index (χ0) is 19.0. The average Bonchev–Trinajstić information content (AvgIpc) is 2.93. The first-order valence-electron chi connectivity index (χ1n) is 8.56. The van der Waals surface area contributed by atoms with Crippen LogP contribution in [0.2, 0.25) is 0 Å². The van der Waals surface area contributed by atoms with Crippen molar-refractivity contribution in [2.24, 2.45) is 7.05 Å². The maximum Gasteiger partial charge on any atom is 0.256 e. The van der Waals surface area contributed by atoms with Gasteiger partial charge in [0.15, 0.2) is 5.78 Å². The number of hydrogen-bond donors (Lipinski definition) is 1. The predicted octanol–water partition coefficient (Wildman–Crippen LogP) is 3.24. The second-order valence-corrected chi connectivity index (χ2v) is 6.98. The van der Waals surface area contributed by atoms with Crippen LogP contribution in [-0.4, -0.2) is 37.4 Å². The van der Waals surface area contributed by atoms with Crippen molar-refractivity contribution in [1.29, 1.82) is 0 Å². The zero-order valence-electron chi connectivity index (χ0n) is 16.4. The minimum atomic E-state index is -0.0605. The van der Waals surface area contributed by atoms with Crippen LogP contribution in [0.1, 0.15) is 69.8 Å². The molecule has 6 heteroatoms. The van der Waals surface area contributed by atoms with Gasteiger partial charge in [0.25, 0.3) is 5.91 Å². The molecule has 2 aromatic rings. The van der Waals surface area contributed by atoms with Gasteiger partial charge in [0, 0.05) is 43.5 Å². The number of aromatic nitrogens is 3. The highest BCUT2D eigenvalue weighted by molar-refractivity contribution is 6.02. The third kappa shape index (κ3) is 3.38. The molecule has 0 aliphatic carbocycles. The number of aryl methyl sites for hydroxylation is 3. The van der Waals surface area contributed by atoms with E-state index in [2.05, 4.69) is 10.1 Å². The molecule has 0 bridgehead atoms. The van der Waals surface area contributed by atoms with E-state index in [0.717, 1.165) is 28.2 Å². The predicted molar refractivity (Wildman–Crippen MR) is 98.0 cm³/mol. The van der Waals surface area contributed by atoms with Crippen LogP contribution in [0, 0.1) is 27.7 Å². The summed E-state index contributed by atoms with van der Waals surface area (Å²) in [6.07, 6.45) is 0. The highest BCUT2D eigenvalue weighted by Gasteiger charge is 2.27. The Morgan fingerprint density at radius 2 is 1.80 bits per heavy atom. The SMILES string of the molecule is CC(=O)c1[nH]c(C)c(C(=O)N(Cc2c(C)nn(C)c2C)C(C)C)c1C. The number of rotatable bonds is 5. The Kier molecular flexibility index (Phi) is 5.20. The highest BCUT2D eigenvalue weighted by atomic mass is 16.2. The van der Waals surface area contributed by atoms with Crippen molar-refractivity contribution in [3.05, 3.63) is 39.5 Å². The first-order valence-corrected chi connectivity index (χ1v) is 8.56. The molecule has 2 rings (SSSR count). The Morgan fingerprint density at radius 1 is 1.20 bits per heavy atom. The van der Waals surface area contributed by atoms with Crippen molar-refractivity contribution in [3.63, 3.8) is 0 Å². The van der Waals surface area contributed by atoms with Crippen LogP contribution in [0.5, 0.6) is 0 Å². The van der Waals surface area contributed by atoms with Gasteiger partial charge in [-0.2, -0.15) is 5.10 Å². The summed E-state index contributed by atoms with van der Waals surface area (Å²) in [5.41, 5.74) is 5.63. The second-order valence-electron chi connectivity index (χ2n) is 6.98. The fraction of sp³-hybridized carbons (Fsp3) is 0.526. The van der Waals surface area contributed by atoms with Crippen LogP contribution in [-0.2, 0) is 13.6 Å². The molecule has 0 unspecified atom stereocenters. The van der Waals surface area contributed by atoms with Gasteiger partial charge >= 0.3 is 0 Å². The molecular formula is C19H28N4O2. The number of ketones is 1. The smallest absolute Gasteiger partial charge is 0.256 e. The summed E-state index contributed by atoms with van der Waals surface area (Å²) in [7, 11) is 1.91. The van der Waals surface area contributed by atoms with Gasteiger partial charge in [0.2, 0.25) is 0 Å². The number of carbonyl (C=O) groups is 2. The standard InChI is InChI=1S/C19H28N4O2/c1-10(2)23(9-16-12(4)21-22(8)14(16)6)19(25)17-11(3)18(15(7)24)20-13(17)5/h10,20H,9H2,1-8H3. The Morgan fingerprint density at radius 3 is 2.20 bits per heavy atom. The molecule has 2 heterocycles. The van der Waals surface area contributed by atoms with E-state index in [1.165, 1.54) is 6.92 Å². The monoisotopic (exact) mass is 344 g/mol. The fourth-order valence-electron chi connectivity index (χ4n) is 3.27. The number of nitrogens with one attached hydrogen (secondary N) is 1. The minimum absolute atomic E-state index is 0.0287. The van der Waals surface area contributed by atoms with Crippen LogP contribution in [0.25, 0.3) is 0 Å². The lowest BCUT2D eigenvalue weighted by Crippen LogP contribution is -2.37. The Labute approximate surface area is 149 Å². The second kappa shape index (κ2) is 6.86. The molecule has 0 radical (unpaired) electrons. The molecule has 0 saturated heterocycles. The number of nitrogens with zero attached hydrogens (tertiary/aromatic N) is 3. The first-order chi connectivity index (χ1) is 11.6. The first kappa shape index (κ1) is 19.0. The van der Waals surface area contributed by atoms with Gasteiger partial charge in [0.05, 0.1) is 17.0 Å². The van der Waals surface area contributed by atoms with Crippen LogP contribution < -0.4 is 0 Å². The number of amides is 1. The molecule has 0 spiro atoms. The van der Waals surface area contributed by atoms with E-state index < -0.39 is 0 Å². The topological polar surface area (TPSA) is 71.0 Å². The lowest BCUT2D eigenvalue weighted by Gasteiger charge is -2.27. The lowest BCUT2D eigenvalue weighted by atomic mass is 10.1. The van der Waals surface area contributed by atoms with Crippen LogP contribution >= 0.6 is 0 Å². The van der Waals surface area contributed by atoms with E-state index in [1.807, 2.05) is 58.2 Å². The van der Waals surface area contributed by atoms with Crippen LogP contribution in [0.3, 0.4) is 0 Å². The summed E-state index contributed by atoms with van der Waals surface area (Å²) in [5.74, 6) is -0.119. The third-order valence-corrected chi connectivity index (χ3v) is 4.87. The van der Waals surface area contributed by atoms with Crippen molar-refractivity contribution in [3.8, 4) is 0 Å². The molecular weight excluding hydrogens is 316 g/mol. The van der Waals surface area contributed by atoms with Gasteiger partial charge in [-0.25, -0.2) is 0 Å². The van der Waals surface area contributed by atoms with Crippen molar-refractivity contribution in [1.82, 2.24) is 19.7 Å². The van der Waals surface area contributed by atoms with E-state index in [4.69, 9.17) is 0 Å². The highest BCUT2D eigenvalue weighted by Crippen LogP contribution is 2.24. The maximum atomic E-state index is 13.3.